The average molecular weight is 817 g/mol. The molecule has 1 aliphatic carbocycles. The minimum absolute atomic E-state index is 0.0325. The predicted molar refractivity (Wildman–Crippen MR) is 261 cm³/mol. The SMILES string of the molecule is c1ccc(-n2c3ccccc3c3c4c5ccccc5n(C5=N/C(c6ccc7c(c6)sc6ccccc67)CC6CC6/C(c6ccc7c(c6)sc6ccccc67)=N\5)c4ccc32)cc1. The smallest absolute Gasteiger partial charge is 0.230 e. The Morgan fingerprint density at radius 2 is 1.00 bits per heavy atom. The van der Waals surface area contributed by atoms with Crippen molar-refractivity contribution in [2.24, 2.45) is 21.8 Å². The zero-order valence-electron chi connectivity index (χ0n) is 33.0. The van der Waals surface area contributed by atoms with Gasteiger partial charge in [0.05, 0.1) is 33.8 Å². The Balaban J connectivity index is 1.04. The quantitative estimate of drug-likeness (QED) is 0.170. The van der Waals surface area contributed by atoms with Crippen LogP contribution in [0, 0.1) is 11.8 Å². The lowest BCUT2D eigenvalue weighted by atomic mass is 9.96. The van der Waals surface area contributed by atoms with Gasteiger partial charge in [0.15, 0.2) is 0 Å². The molecule has 14 rings (SSSR count). The third kappa shape index (κ3) is 5.03. The summed E-state index contributed by atoms with van der Waals surface area (Å²) in [7, 11) is 0. The summed E-state index contributed by atoms with van der Waals surface area (Å²) < 4.78 is 10.1. The molecule has 1 saturated carbocycles. The molecule has 0 spiro atoms. The molecule has 3 atom stereocenters. The molecule has 4 nitrogen and oxygen atoms in total. The number of rotatable bonds is 3. The van der Waals surface area contributed by atoms with Crippen LogP contribution < -0.4 is 0 Å². The number of hydrogen-bond donors (Lipinski definition) is 0. The maximum absolute atomic E-state index is 5.85. The molecule has 12 aromatic rings. The molecular weight excluding hydrogens is 781 g/mol. The third-order valence-corrected chi connectivity index (χ3v) is 15.7. The molecule has 1 fully saturated rings. The van der Waals surface area contributed by atoms with Crippen molar-refractivity contribution >= 4 is 118 Å². The largest absolute Gasteiger partial charge is 0.309 e. The molecule has 0 saturated heterocycles. The Labute approximate surface area is 359 Å². The van der Waals surface area contributed by atoms with Gasteiger partial charge in [-0.1, -0.05) is 115 Å². The molecule has 5 heterocycles. The first kappa shape index (κ1) is 33.9. The van der Waals surface area contributed by atoms with Crippen LogP contribution in [0.5, 0.6) is 0 Å². The normalized spacial score (nSPS) is 19.8. The monoisotopic (exact) mass is 816 g/mol. The first-order chi connectivity index (χ1) is 30.2. The van der Waals surface area contributed by atoms with E-state index in [1.807, 2.05) is 22.7 Å². The molecule has 8 aromatic carbocycles. The number of hydrogen-bond acceptors (Lipinski definition) is 4. The summed E-state index contributed by atoms with van der Waals surface area (Å²) in [6.07, 6.45) is 2.11. The highest BCUT2D eigenvalue weighted by molar-refractivity contribution is 7.26. The molecule has 0 bridgehead atoms. The average Bonchev–Trinajstić information content (AvgIpc) is 3.57. The first-order valence-electron chi connectivity index (χ1n) is 21.2. The van der Waals surface area contributed by atoms with Crippen molar-refractivity contribution in [2.45, 2.75) is 18.9 Å². The first-order valence-corrected chi connectivity index (χ1v) is 22.9. The van der Waals surface area contributed by atoms with E-state index in [9.17, 15) is 0 Å². The standard InChI is InChI=1S/C55H36N4S2/c1-2-12-35(13-3-1)58-44-18-8-4-16-40(44)52-46(58)26-27-47-53(52)41-17-5-9-19-45(41)59(47)55-56-43(32-22-24-38-36-14-6-10-20-48(36)60-50(38)30-32)29-34-28-42(34)54(57-55)33-23-25-39-37-15-7-11-21-49(37)61-51(39)31-33/h1-27,30-31,34,42-43H,28-29H2/b56-55+,57-54-. The molecule has 1 aliphatic heterocycles. The van der Waals surface area contributed by atoms with Crippen LogP contribution in [-0.2, 0) is 0 Å². The van der Waals surface area contributed by atoms with E-state index in [2.05, 4.69) is 185 Å². The Kier molecular flexibility index (Phi) is 7.13. The van der Waals surface area contributed by atoms with Crippen LogP contribution in [0.25, 0.3) is 89.6 Å². The molecule has 0 radical (unpaired) electrons. The van der Waals surface area contributed by atoms with Gasteiger partial charge < -0.3 is 4.57 Å². The molecule has 0 amide bonds. The molecule has 4 aromatic heterocycles. The summed E-state index contributed by atoms with van der Waals surface area (Å²) in [6, 6.07) is 64.7. The van der Waals surface area contributed by atoms with Gasteiger partial charge in [0.25, 0.3) is 0 Å². The van der Waals surface area contributed by atoms with Gasteiger partial charge in [-0.3, -0.25) is 4.57 Å². The van der Waals surface area contributed by atoms with Crippen molar-refractivity contribution in [3.05, 3.63) is 187 Å². The van der Waals surface area contributed by atoms with Gasteiger partial charge >= 0.3 is 0 Å². The van der Waals surface area contributed by atoms with E-state index >= 15 is 0 Å². The van der Waals surface area contributed by atoms with E-state index in [4.69, 9.17) is 9.98 Å². The van der Waals surface area contributed by atoms with Crippen LogP contribution in [0.15, 0.2) is 186 Å². The zero-order valence-corrected chi connectivity index (χ0v) is 34.6. The Hall–Kier alpha value is -6.86. The van der Waals surface area contributed by atoms with Gasteiger partial charge in [0.2, 0.25) is 5.96 Å². The van der Waals surface area contributed by atoms with Gasteiger partial charge in [-0.25, -0.2) is 9.98 Å². The van der Waals surface area contributed by atoms with E-state index in [1.165, 1.54) is 84.0 Å². The molecule has 0 N–H and O–H groups in total. The molecule has 3 unspecified atom stereocenters. The highest BCUT2D eigenvalue weighted by atomic mass is 32.1. The lowest BCUT2D eigenvalue weighted by molar-refractivity contribution is 0.583. The van der Waals surface area contributed by atoms with E-state index in [-0.39, 0.29) is 6.04 Å². The second-order valence-corrected chi connectivity index (χ2v) is 19.0. The zero-order chi connectivity index (χ0) is 39.8. The summed E-state index contributed by atoms with van der Waals surface area (Å²) in [4.78, 5) is 11.7. The number of aromatic nitrogens is 2. The fraction of sp³-hybridized carbons (Fsp3) is 0.0909. The summed E-state index contributed by atoms with van der Waals surface area (Å²) in [6.45, 7) is 0. The minimum atomic E-state index is -0.0325. The fourth-order valence-electron chi connectivity index (χ4n) is 10.6. The highest BCUT2D eigenvalue weighted by Crippen LogP contribution is 2.50. The maximum atomic E-state index is 5.85. The van der Waals surface area contributed by atoms with Crippen LogP contribution >= 0.6 is 22.7 Å². The predicted octanol–water partition coefficient (Wildman–Crippen LogP) is 15.1. The highest BCUT2D eigenvalue weighted by Gasteiger charge is 2.44. The number of para-hydroxylation sites is 3. The minimum Gasteiger partial charge on any atom is -0.309 e. The molecule has 2 aliphatic rings. The van der Waals surface area contributed by atoms with Crippen molar-refractivity contribution in [2.75, 3.05) is 0 Å². The fourth-order valence-corrected chi connectivity index (χ4v) is 12.9. The van der Waals surface area contributed by atoms with Gasteiger partial charge in [-0.15, -0.1) is 22.7 Å². The van der Waals surface area contributed by atoms with Crippen molar-refractivity contribution < 1.29 is 0 Å². The van der Waals surface area contributed by atoms with Crippen LogP contribution in [0.1, 0.15) is 30.0 Å². The summed E-state index contributed by atoms with van der Waals surface area (Å²) >= 11 is 3.76. The summed E-state index contributed by atoms with van der Waals surface area (Å²) in [5.74, 6) is 1.65. The second kappa shape index (κ2) is 12.8. The van der Waals surface area contributed by atoms with Crippen molar-refractivity contribution in [1.29, 1.82) is 0 Å². The van der Waals surface area contributed by atoms with Gasteiger partial charge in [-0.05, 0) is 90.6 Å². The van der Waals surface area contributed by atoms with Crippen molar-refractivity contribution in [3.63, 3.8) is 0 Å². The molecule has 61 heavy (non-hydrogen) atoms. The third-order valence-electron chi connectivity index (χ3n) is 13.4. The number of nitrogens with zero attached hydrogens (tertiary/aromatic N) is 4. The second-order valence-electron chi connectivity index (χ2n) is 16.8. The molecule has 6 heteroatoms. The summed E-state index contributed by atoms with van der Waals surface area (Å²) in [5, 5.41) is 10.2. The topological polar surface area (TPSA) is 34.6 Å². The Morgan fingerprint density at radius 3 is 1.70 bits per heavy atom. The maximum Gasteiger partial charge on any atom is 0.230 e. The van der Waals surface area contributed by atoms with E-state index in [1.54, 1.807) is 0 Å². The van der Waals surface area contributed by atoms with E-state index in [0.29, 0.717) is 11.8 Å². The van der Waals surface area contributed by atoms with Crippen LogP contribution in [0.3, 0.4) is 0 Å². The van der Waals surface area contributed by atoms with Crippen LogP contribution in [0.2, 0.25) is 0 Å². The van der Waals surface area contributed by atoms with Gasteiger partial charge in [-0.2, -0.15) is 0 Å². The lowest BCUT2D eigenvalue weighted by Gasteiger charge is -2.20. The Bertz CT molecular complexity index is 3860. The molecule has 288 valence electrons. The van der Waals surface area contributed by atoms with Gasteiger partial charge in [0.1, 0.15) is 0 Å². The van der Waals surface area contributed by atoms with E-state index in [0.717, 1.165) is 41.2 Å². The number of benzene rings is 8. The number of fused-ring (bicyclic) bond motifs is 14. The van der Waals surface area contributed by atoms with E-state index < -0.39 is 0 Å². The van der Waals surface area contributed by atoms with Crippen LogP contribution in [0.4, 0.5) is 0 Å². The molecular formula is C55H36N4S2. The number of thiophene rings is 2. The van der Waals surface area contributed by atoms with Crippen LogP contribution in [-0.4, -0.2) is 20.8 Å². The number of aliphatic imine (C=N–C) groups is 2. The van der Waals surface area contributed by atoms with Crippen molar-refractivity contribution in [1.82, 2.24) is 9.13 Å². The lowest BCUT2D eigenvalue weighted by Crippen LogP contribution is -2.19. The van der Waals surface area contributed by atoms with Gasteiger partial charge in [0, 0.05) is 73.5 Å². The summed E-state index contributed by atoms with van der Waals surface area (Å²) in [5.41, 5.74) is 9.43. The Morgan fingerprint density at radius 1 is 0.443 bits per heavy atom. The van der Waals surface area contributed by atoms with Crippen molar-refractivity contribution in [3.8, 4) is 5.69 Å².